The molecule has 0 spiro atoms. The highest BCUT2D eigenvalue weighted by Crippen LogP contribution is 2.35. The highest BCUT2D eigenvalue weighted by Gasteiger charge is 2.21. The van der Waals surface area contributed by atoms with Gasteiger partial charge in [0.15, 0.2) is 0 Å². The van der Waals surface area contributed by atoms with Crippen LogP contribution >= 0.6 is 11.3 Å². The lowest BCUT2D eigenvalue weighted by Crippen LogP contribution is -2.45. The second-order valence-corrected chi connectivity index (χ2v) is 6.78. The molecule has 1 fully saturated rings. The second kappa shape index (κ2) is 7.46. The minimum atomic E-state index is -0.676. The first-order valence-corrected chi connectivity index (χ1v) is 8.72. The molecule has 2 heterocycles. The maximum absolute atomic E-state index is 12.6. The largest absolute Gasteiger partial charge is 0.351 e. The molecule has 0 radical (unpaired) electrons. The van der Waals surface area contributed by atoms with Crippen LogP contribution in [0.25, 0.3) is 10.4 Å². The van der Waals surface area contributed by atoms with Gasteiger partial charge in [0.25, 0.3) is 5.91 Å². The van der Waals surface area contributed by atoms with Gasteiger partial charge >= 0.3 is 6.03 Å². The summed E-state index contributed by atoms with van der Waals surface area (Å²) in [4.78, 5) is 24.8. The molecule has 3 rings (SSSR count). The molecule has 3 amide bonds. The van der Waals surface area contributed by atoms with Crippen molar-refractivity contribution in [1.29, 1.82) is 0 Å². The van der Waals surface area contributed by atoms with Crippen LogP contribution in [-0.4, -0.2) is 31.1 Å². The van der Waals surface area contributed by atoms with Crippen molar-refractivity contribution in [3.05, 3.63) is 42.0 Å². The van der Waals surface area contributed by atoms with E-state index in [1.165, 1.54) is 11.3 Å². The smallest absolute Gasteiger partial charge is 0.317 e. The van der Waals surface area contributed by atoms with Crippen LogP contribution in [-0.2, 0) is 0 Å². The molecule has 6 nitrogen and oxygen atoms in total. The third kappa shape index (κ3) is 3.93. The Morgan fingerprint density at radius 1 is 1.25 bits per heavy atom. The van der Waals surface area contributed by atoms with Crippen LogP contribution in [0, 0.1) is 0 Å². The van der Waals surface area contributed by atoms with E-state index in [0.29, 0.717) is 10.6 Å². The zero-order chi connectivity index (χ0) is 16.9. The molecule has 1 aliphatic heterocycles. The normalized spacial score (nSPS) is 17.2. The number of hydrogen-bond acceptors (Lipinski definition) is 4. The summed E-state index contributed by atoms with van der Waals surface area (Å²) in [5, 5.41) is 9.33. The van der Waals surface area contributed by atoms with Crippen molar-refractivity contribution in [3.8, 4) is 10.4 Å². The summed E-state index contributed by atoms with van der Waals surface area (Å²) >= 11 is 1.34. The molecule has 1 aromatic carbocycles. The molecule has 0 aliphatic carbocycles. The molecule has 0 unspecified atom stereocenters. The molecule has 1 saturated heterocycles. The lowest BCUT2D eigenvalue weighted by molar-refractivity contribution is 0.0932. The third-order valence-electron chi connectivity index (χ3n) is 3.90. The molecule has 24 heavy (non-hydrogen) atoms. The summed E-state index contributed by atoms with van der Waals surface area (Å²) in [5.74, 6) is -0.189. The summed E-state index contributed by atoms with van der Waals surface area (Å²) in [6.45, 7) is 1.75. The van der Waals surface area contributed by atoms with Gasteiger partial charge in [0.2, 0.25) is 0 Å². The van der Waals surface area contributed by atoms with Gasteiger partial charge in [0.05, 0.1) is 5.56 Å². The standard InChI is InChI=1S/C17H20N4O2S/c18-17(23)21-16-13(15(22)20-12-7-4-8-19-10-12)9-14(24-16)11-5-2-1-3-6-11/h1-3,5-6,9,12,19H,4,7-8,10H2,(H,20,22)(H3,18,21,23)/t12-/m1/s1. The zero-order valence-corrected chi connectivity index (χ0v) is 14.0. The van der Waals surface area contributed by atoms with Crippen LogP contribution in [0.4, 0.5) is 9.80 Å². The van der Waals surface area contributed by atoms with Crippen LogP contribution < -0.4 is 21.7 Å². The maximum Gasteiger partial charge on any atom is 0.317 e. The molecule has 0 saturated carbocycles. The maximum atomic E-state index is 12.6. The van der Waals surface area contributed by atoms with Crippen LogP contribution in [0.2, 0.25) is 0 Å². The SMILES string of the molecule is NC(=O)Nc1sc(-c2ccccc2)cc1C(=O)N[C@@H]1CCCNC1. The van der Waals surface area contributed by atoms with Crippen molar-refractivity contribution in [2.75, 3.05) is 18.4 Å². The van der Waals surface area contributed by atoms with E-state index in [0.717, 1.165) is 36.4 Å². The molecule has 0 bridgehead atoms. The summed E-state index contributed by atoms with van der Waals surface area (Å²) in [5.41, 5.74) is 6.68. The van der Waals surface area contributed by atoms with Gasteiger partial charge in [-0.3, -0.25) is 10.1 Å². The van der Waals surface area contributed by atoms with Crippen molar-refractivity contribution >= 4 is 28.3 Å². The molecule has 2 aromatic rings. The molecule has 5 N–H and O–H groups in total. The van der Waals surface area contributed by atoms with Gasteiger partial charge in [-0.1, -0.05) is 30.3 Å². The molecule has 7 heteroatoms. The van der Waals surface area contributed by atoms with Gasteiger partial charge in [-0.2, -0.15) is 0 Å². The van der Waals surface area contributed by atoms with Crippen LogP contribution in [0.1, 0.15) is 23.2 Å². The predicted octanol–water partition coefficient (Wildman–Crippen LogP) is 2.39. The average molecular weight is 344 g/mol. The lowest BCUT2D eigenvalue weighted by Gasteiger charge is -2.23. The van der Waals surface area contributed by atoms with Gasteiger partial charge in [-0.05, 0) is 31.0 Å². The first-order valence-electron chi connectivity index (χ1n) is 7.91. The number of piperidine rings is 1. The number of thiophene rings is 1. The number of carbonyl (C=O) groups excluding carboxylic acids is 2. The van der Waals surface area contributed by atoms with E-state index < -0.39 is 6.03 Å². The van der Waals surface area contributed by atoms with Crippen LogP contribution in [0.3, 0.4) is 0 Å². The van der Waals surface area contributed by atoms with E-state index in [1.807, 2.05) is 30.3 Å². The van der Waals surface area contributed by atoms with Gasteiger partial charge < -0.3 is 16.4 Å². The number of hydrogen-bond donors (Lipinski definition) is 4. The number of urea groups is 1. The number of rotatable bonds is 4. The van der Waals surface area contributed by atoms with E-state index in [2.05, 4.69) is 16.0 Å². The minimum Gasteiger partial charge on any atom is -0.351 e. The van der Waals surface area contributed by atoms with E-state index in [4.69, 9.17) is 5.73 Å². The molecular weight excluding hydrogens is 324 g/mol. The first kappa shape index (κ1) is 16.5. The Kier molecular flexibility index (Phi) is 5.12. The Morgan fingerprint density at radius 3 is 2.71 bits per heavy atom. The first-order chi connectivity index (χ1) is 11.6. The van der Waals surface area contributed by atoms with Gasteiger partial charge in [0.1, 0.15) is 5.00 Å². The topological polar surface area (TPSA) is 96.2 Å². The van der Waals surface area contributed by atoms with E-state index >= 15 is 0 Å². The number of nitrogens with two attached hydrogens (primary N) is 1. The van der Waals surface area contributed by atoms with E-state index in [1.54, 1.807) is 6.07 Å². The Bertz CT molecular complexity index is 723. The highest BCUT2D eigenvalue weighted by molar-refractivity contribution is 7.20. The van der Waals surface area contributed by atoms with Gasteiger partial charge in [0, 0.05) is 17.5 Å². The van der Waals surface area contributed by atoms with Crippen molar-refractivity contribution in [3.63, 3.8) is 0 Å². The second-order valence-electron chi connectivity index (χ2n) is 5.73. The molecule has 1 atom stereocenters. The van der Waals surface area contributed by atoms with Gasteiger partial charge in [-0.25, -0.2) is 4.79 Å². The summed E-state index contributed by atoms with van der Waals surface area (Å²) in [6, 6.07) is 11.0. The molecule has 126 valence electrons. The summed E-state index contributed by atoms with van der Waals surface area (Å²) in [6.07, 6.45) is 1.99. The number of benzene rings is 1. The fraction of sp³-hybridized carbons (Fsp3) is 0.294. The number of carbonyl (C=O) groups is 2. The molecular formula is C17H20N4O2S. The number of nitrogens with one attached hydrogen (secondary N) is 3. The van der Waals surface area contributed by atoms with E-state index in [-0.39, 0.29) is 11.9 Å². The minimum absolute atomic E-state index is 0.104. The molecule has 1 aliphatic rings. The number of anilines is 1. The predicted molar refractivity (Wildman–Crippen MR) is 96.3 cm³/mol. The Balaban J connectivity index is 1.85. The highest BCUT2D eigenvalue weighted by atomic mass is 32.1. The monoisotopic (exact) mass is 344 g/mol. The third-order valence-corrected chi connectivity index (χ3v) is 5.00. The fourth-order valence-electron chi connectivity index (χ4n) is 2.75. The van der Waals surface area contributed by atoms with Crippen LogP contribution in [0.5, 0.6) is 0 Å². The van der Waals surface area contributed by atoms with Crippen molar-refractivity contribution in [1.82, 2.24) is 10.6 Å². The van der Waals surface area contributed by atoms with Crippen molar-refractivity contribution in [2.24, 2.45) is 5.73 Å². The van der Waals surface area contributed by atoms with Gasteiger partial charge in [-0.15, -0.1) is 11.3 Å². The summed E-state index contributed by atoms with van der Waals surface area (Å²) in [7, 11) is 0. The molecule has 1 aromatic heterocycles. The fourth-order valence-corrected chi connectivity index (χ4v) is 3.81. The van der Waals surface area contributed by atoms with Crippen LogP contribution in [0.15, 0.2) is 36.4 Å². The Hall–Kier alpha value is -2.38. The summed E-state index contributed by atoms with van der Waals surface area (Å²) < 4.78 is 0. The van der Waals surface area contributed by atoms with E-state index in [9.17, 15) is 9.59 Å². The lowest BCUT2D eigenvalue weighted by atomic mass is 10.1. The quantitative estimate of drug-likeness (QED) is 0.686. The number of amides is 3. The Morgan fingerprint density at radius 2 is 2.04 bits per heavy atom. The number of primary amides is 1. The van der Waals surface area contributed by atoms with Crippen molar-refractivity contribution < 1.29 is 9.59 Å². The van der Waals surface area contributed by atoms with Crippen molar-refractivity contribution in [2.45, 2.75) is 18.9 Å². The Labute approximate surface area is 144 Å². The zero-order valence-electron chi connectivity index (χ0n) is 13.2. The average Bonchev–Trinajstić information content (AvgIpc) is 3.00.